The third kappa shape index (κ3) is 2.71. The highest BCUT2D eigenvalue weighted by atomic mass is 15.1. The Morgan fingerprint density at radius 3 is 2.00 bits per heavy atom. The minimum Gasteiger partial charge on any atom is -0.184 e. The normalized spacial score (nSPS) is 11.5. The van der Waals surface area contributed by atoms with Crippen LogP contribution in [0.15, 0.2) is 95.2 Å². The summed E-state index contributed by atoms with van der Waals surface area (Å²) in [4.78, 5) is 0. The summed E-state index contributed by atoms with van der Waals surface area (Å²) in [6.07, 6.45) is 0. The lowest BCUT2D eigenvalue weighted by molar-refractivity contribution is 0.970. The summed E-state index contributed by atoms with van der Waals surface area (Å²) in [6, 6.07) is 29.1. The van der Waals surface area contributed by atoms with Gasteiger partial charge in [0, 0.05) is 5.39 Å². The van der Waals surface area contributed by atoms with Gasteiger partial charge in [-0.3, -0.25) is 0 Å². The van der Waals surface area contributed by atoms with Crippen LogP contribution in [0.2, 0.25) is 0 Å². The Morgan fingerprint density at radius 1 is 0.565 bits per heavy atom. The Labute approximate surface area is 135 Å². The molecule has 23 heavy (non-hydrogen) atoms. The third-order valence-corrected chi connectivity index (χ3v) is 4.07. The van der Waals surface area contributed by atoms with Crippen LogP contribution >= 0.6 is 0 Å². The van der Waals surface area contributed by atoms with E-state index in [9.17, 15) is 0 Å². The zero-order valence-corrected chi connectivity index (χ0v) is 12.7. The summed E-state index contributed by atoms with van der Waals surface area (Å²) in [7, 11) is 0. The molecule has 0 radical (unpaired) electrons. The van der Waals surface area contributed by atoms with Gasteiger partial charge in [0.25, 0.3) is 0 Å². The molecule has 2 heteroatoms. The number of azo groups is 1. The molecule has 0 aromatic heterocycles. The van der Waals surface area contributed by atoms with Gasteiger partial charge in [-0.05, 0) is 27.8 Å². The monoisotopic (exact) mass is 296 g/mol. The zero-order valence-electron chi connectivity index (χ0n) is 12.7. The molecule has 4 aromatic rings. The number of rotatable bonds is 3. The number of hydrogen-bond acceptors (Lipinski definition) is 2. The molecule has 0 heterocycles. The maximum absolute atomic E-state index is 4.46. The predicted molar refractivity (Wildman–Crippen MR) is 96.1 cm³/mol. The SMILES string of the molecule is c1ccc2c(CN=Nc3cccc4ccccc34)cccc2c1. The molecular formula is C21H16N2. The fraction of sp³-hybridized carbons (Fsp3) is 0.0476. The van der Waals surface area contributed by atoms with Crippen molar-refractivity contribution in [2.45, 2.75) is 6.54 Å². The predicted octanol–water partition coefficient (Wildman–Crippen LogP) is 6.28. The van der Waals surface area contributed by atoms with E-state index >= 15 is 0 Å². The van der Waals surface area contributed by atoms with Gasteiger partial charge >= 0.3 is 0 Å². The summed E-state index contributed by atoms with van der Waals surface area (Å²) < 4.78 is 0. The van der Waals surface area contributed by atoms with Crippen molar-refractivity contribution in [3.05, 3.63) is 90.5 Å². The van der Waals surface area contributed by atoms with Crippen molar-refractivity contribution in [3.8, 4) is 0 Å². The van der Waals surface area contributed by atoms with Crippen LogP contribution in [-0.4, -0.2) is 0 Å². The molecule has 2 nitrogen and oxygen atoms in total. The van der Waals surface area contributed by atoms with Crippen LogP contribution < -0.4 is 0 Å². The number of fused-ring (bicyclic) bond motifs is 2. The van der Waals surface area contributed by atoms with Gasteiger partial charge in [0.05, 0.1) is 12.2 Å². The smallest absolute Gasteiger partial charge is 0.0930 e. The molecule has 110 valence electrons. The Kier molecular flexibility index (Phi) is 3.57. The van der Waals surface area contributed by atoms with Crippen molar-refractivity contribution in [1.29, 1.82) is 0 Å². The van der Waals surface area contributed by atoms with Crippen LogP contribution in [0.4, 0.5) is 5.69 Å². The first-order chi connectivity index (χ1) is 11.4. The molecule has 4 rings (SSSR count). The van der Waals surface area contributed by atoms with Crippen molar-refractivity contribution >= 4 is 27.2 Å². The second-order valence-electron chi connectivity index (χ2n) is 5.54. The Bertz CT molecular complexity index is 992. The molecule has 0 fully saturated rings. The highest BCUT2D eigenvalue weighted by molar-refractivity contribution is 5.92. The van der Waals surface area contributed by atoms with Crippen molar-refractivity contribution < 1.29 is 0 Å². The standard InChI is InChI=1S/C21H16N2/c1-3-12-19-16(7-1)9-5-11-18(19)15-22-23-21-14-6-10-17-8-2-4-13-20(17)21/h1-14H,15H2. The number of benzene rings is 4. The lowest BCUT2D eigenvalue weighted by Crippen LogP contribution is -1.83. The molecule has 0 aliphatic rings. The van der Waals surface area contributed by atoms with E-state index in [-0.39, 0.29) is 0 Å². The van der Waals surface area contributed by atoms with E-state index in [4.69, 9.17) is 0 Å². The molecule has 0 amide bonds. The van der Waals surface area contributed by atoms with Crippen LogP contribution in [0.1, 0.15) is 5.56 Å². The van der Waals surface area contributed by atoms with Crippen LogP contribution in [0.3, 0.4) is 0 Å². The highest BCUT2D eigenvalue weighted by Crippen LogP contribution is 2.26. The Hall–Kier alpha value is -3.00. The maximum atomic E-state index is 4.46. The molecule has 0 aliphatic carbocycles. The zero-order chi connectivity index (χ0) is 15.5. The molecule has 0 bridgehead atoms. The van der Waals surface area contributed by atoms with Crippen LogP contribution in [0.5, 0.6) is 0 Å². The van der Waals surface area contributed by atoms with Crippen LogP contribution in [-0.2, 0) is 6.54 Å². The second kappa shape index (κ2) is 6.01. The first-order valence-electron chi connectivity index (χ1n) is 7.74. The molecule has 0 aliphatic heterocycles. The average molecular weight is 296 g/mol. The van der Waals surface area contributed by atoms with E-state index < -0.39 is 0 Å². The van der Waals surface area contributed by atoms with Crippen LogP contribution in [0, 0.1) is 0 Å². The minimum absolute atomic E-state index is 0.588. The topological polar surface area (TPSA) is 24.7 Å². The first-order valence-corrected chi connectivity index (χ1v) is 7.74. The number of nitrogens with zero attached hydrogens (tertiary/aromatic N) is 2. The van der Waals surface area contributed by atoms with E-state index in [0.29, 0.717) is 6.54 Å². The van der Waals surface area contributed by atoms with Gasteiger partial charge in [-0.25, -0.2) is 0 Å². The lowest BCUT2D eigenvalue weighted by atomic mass is 10.1. The van der Waals surface area contributed by atoms with Gasteiger partial charge in [-0.15, -0.1) is 0 Å². The van der Waals surface area contributed by atoms with E-state index in [0.717, 1.165) is 11.1 Å². The Balaban J connectivity index is 1.66. The van der Waals surface area contributed by atoms with Crippen molar-refractivity contribution in [2.75, 3.05) is 0 Å². The summed E-state index contributed by atoms with van der Waals surface area (Å²) in [5, 5.41) is 13.7. The molecule has 4 aromatic carbocycles. The molecule has 0 spiro atoms. The molecule has 0 N–H and O–H groups in total. The van der Waals surface area contributed by atoms with Crippen LogP contribution in [0.25, 0.3) is 21.5 Å². The van der Waals surface area contributed by atoms with Crippen molar-refractivity contribution in [1.82, 2.24) is 0 Å². The quantitative estimate of drug-likeness (QED) is 0.398. The van der Waals surface area contributed by atoms with Gasteiger partial charge in [0.15, 0.2) is 0 Å². The van der Waals surface area contributed by atoms with Crippen molar-refractivity contribution in [2.24, 2.45) is 10.2 Å². The average Bonchev–Trinajstić information content (AvgIpc) is 2.62. The minimum atomic E-state index is 0.588. The third-order valence-electron chi connectivity index (χ3n) is 4.07. The second-order valence-corrected chi connectivity index (χ2v) is 5.54. The summed E-state index contributed by atoms with van der Waals surface area (Å²) >= 11 is 0. The molecule has 0 saturated carbocycles. The molecule has 0 atom stereocenters. The fourth-order valence-corrected chi connectivity index (χ4v) is 2.91. The summed E-state index contributed by atoms with van der Waals surface area (Å²) in [5.74, 6) is 0. The maximum Gasteiger partial charge on any atom is 0.0930 e. The van der Waals surface area contributed by atoms with E-state index in [1.54, 1.807) is 0 Å². The van der Waals surface area contributed by atoms with Gasteiger partial charge in [0.1, 0.15) is 0 Å². The molecular weight excluding hydrogens is 280 g/mol. The van der Waals surface area contributed by atoms with Crippen molar-refractivity contribution in [3.63, 3.8) is 0 Å². The van der Waals surface area contributed by atoms with E-state index in [1.807, 2.05) is 24.3 Å². The summed E-state index contributed by atoms with van der Waals surface area (Å²) in [5.41, 5.74) is 2.12. The van der Waals surface area contributed by atoms with Gasteiger partial charge in [-0.1, -0.05) is 78.9 Å². The lowest BCUT2D eigenvalue weighted by Gasteiger charge is -2.03. The number of hydrogen-bond donors (Lipinski definition) is 0. The molecule has 0 unspecified atom stereocenters. The van der Waals surface area contributed by atoms with Gasteiger partial charge < -0.3 is 0 Å². The van der Waals surface area contributed by atoms with Gasteiger partial charge in [-0.2, -0.15) is 10.2 Å². The molecule has 0 saturated heterocycles. The van der Waals surface area contributed by atoms with Gasteiger partial charge in [0.2, 0.25) is 0 Å². The fourth-order valence-electron chi connectivity index (χ4n) is 2.91. The summed E-state index contributed by atoms with van der Waals surface area (Å²) in [6.45, 7) is 0.588. The van der Waals surface area contributed by atoms with E-state index in [1.165, 1.54) is 21.7 Å². The Morgan fingerprint density at radius 2 is 1.17 bits per heavy atom. The van der Waals surface area contributed by atoms with E-state index in [2.05, 4.69) is 70.9 Å². The highest BCUT2D eigenvalue weighted by Gasteiger charge is 2.00. The first kappa shape index (κ1) is 13.6. The largest absolute Gasteiger partial charge is 0.184 e.